The van der Waals surface area contributed by atoms with Crippen molar-refractivity contribution < 1.29 is 24.2 Å². The first kappa shape index (κ1) is 21.8. The summed E-state index contributed by atoms with van der Waals surface area (Å²) in [5.41, 5.74) is 2.95. The summed E-state index contributed by atoms with van der Waals surface area (Å²) in [5.74, 6) is -3.34. The molecule has 1 amide bonds. The van der Waals surface area contributed by atoms with Gasteiger partial charge in [-0.1, -0.05) is 48.9 Å². The summed E-state index contributed by atoms with van der Waals surface area (Å²) < 4.78 is 5.36. The number of ether oxygens (including phenoxy) is 1. The molecule has 0 saturated heterocycles. The van der Waals surface area contributed by atoms with Gasteiger partial charge in [0, 0.05) is 10.9 Å². The molecule has 2 aromatic rings. The smallest absolute Gasteiger partial charge is 0.341 e. The van der Waals surface area contributed by atoms with E-state index in [1.807, 2.05) is 49.6 Å². The highest BCUT2D eigenvalue weighted by Crippen LogP contribution is 2.37. The van der Waals surface area contributed by atoms with Crippen LogP contribution in [0.5, 0.6) is 0 Å². The van der Waals surface area contributed by atoms with E-state index in [1.165, 1.54) is 11.3 Å². The summed E-state index contributed by atoms with van der Waals surface area (Å²) in [6, 6.07) is 7.76. The van der Waals surface area contributed by atoms with Crippen molar-refractivity contribution in [3.05, 3.63) is 52.9 Å². The highest BCUT2D eigenvalue weighted by molar-refractivity contribution is 7.15. The third-order valence-corrected chi connectivity index (χ3v) is 6.01. The number of aliphatic carboxylic acids is 1. The molecule has 2 unspecified atom stereocenters. The molecule has 1 aromatic heterocycles. The van der Waals surface area contributed by atoms with E-state index in [9.17, 15) is 19.5 Å². The number of esters is 1. The van der Waals surface area contributed by atoms with E-state index in [2.05, 4.69) is 5.32 Å². The molecular weight excluding hydrogens is 402 g/mol. The molecule has 1 heterocycles. The third kappa shape index (κ3) is 4.79. The maximum absolute atomic E-state index is 12.9. The Balaban J connectivity index is 1.92. The Morgan fingerprint density at radius 3 is 2.43 bits per heavy atom. The van der Waals surface area contributed by atoms with E-state index in [4.69, 9.17) is 4.74 Å². The van der Waals surface area contributed by atoms with Gasteiger partial charge < -0.3 is 15.2 Å². The van der Waals surface area contributed by atoms with Crippen LogP contribution < -0.4 is 5.32 Å². The highest BCUT2D eigenvalue weighted by atomic mass is 32.1. The number of hydrogen-bond donors (Lipinski definition) is 2. The Labute approximate surface area is 179 Å². The van der Waals surface area contributed by atoms with Crippen molar-refractivity contribution in [2.75, 3.05) is 11.9 Å². The van der Waals surface area contributed by atoms with Crippen LogP contribution in [-0.2, 0) is 14.3 Å². The molecule has 1 aliphatic rings. The number of benzene rings is 1. The van der Waals surface area contributed by atoms with Gasteiger partial charge in [-0.25, -0.2) is 4.79 Å². The minimum absolute atomic E-state index is 0.282. The number of aryl methyl sites for hydroxylation is 1. The lowest BCUT2D eigenvalue weighted by atomic mass is 9.82. The van der Waals surface area contributed by atoms with Gasteiger partial charge in [0.25, 0.3) is 0 Å². The van der Waals surface area contributed by atoms with Gasteiger partial charge in [-0.2, -0.15) is 0 Å². The predicted molar refractivity (Wildman–Crippen MR) is 117 cm³/mol. The number of anilines is 1. The van der Waals surface area contributed by atoms with Crippen LogP contribution in [0.2, 0.25) is 0 Å². The molecule has 3 rings (SSSR count). The monoisotopic (exact) mass is 427 g/mol. The van der Waals surface area contributed by atoms with Gasteiger partial charge >= 0.3 is 11.9 Å². The summed E-state index contributed by atoms with van der Waals surface area (Å²) in [4.78, 5) is 37.3. The van der Waals surface area contributed by atoms with Gasteiger partial charge in [0.1, 0.15) is 10.6 Å². The number of carbonyl (C=O) groups is 3. The quantitative estimate of drug-likeness (QED) is 0.484. The van der Waals surface area contributed by atoms with Crippen LogP contribution in [0.25, 0.3) is 11.1 Å². The number of carbonyl (C=O) groups excluding carboxylic acids is 2. The van der Waals surface area contributed by atoms with Crippen LogP contribution in [0.3, 0.4) is 0 Å². The van der Waals surface area contributed by atoms with E-state index in [0.29, 0.717) is 35.4 Å². The Kier molecular flexibility index (Phi) is 7.05. The Morgan fingerprint density at radius 1 is 1.13 bits per heavy atom. The maximum atomic E-state index is 12.9. The topological polar surface area (TPSA) is 92.7 Å². The molecular formula is C23H25NO5S. The lowest BCUT2D eigenvalue weighted by Gasteiger charge is -2.24. The molecule has 2 atom stereocenters. The summed E-state index contributed by atoms with van der Waals surface area (Å²) >= 11 is 1.24. The Hall–Kier alpha value is -2.93. The van der Waals surface area contributed by atoms with Crippen molar-refractivity contribution in [3.8, 4) is 11.1 Å². The van der Waals surface area contributed by atoms with Gasteiger partial charge in [-0.3, -0.25) is 9.59 Å². The average Bonchev–Trinajstić information content (AvgIpc) is 3.16. The van der Waals surface area contributed by atoms with E-state index < -0.39 is 29.7 Å². The average molecular weight is 428 g/mol. The summed E-state index contributed by atoms with van der Waals surface area (Å²) in [6.07, 6.45) is 4.97. The molecule has 0 fully saturated rings. The van der Waals surface area contributed by atoms with Crippen molar-refractivity contribution in [1.82, 2.24) is 0 Å². The zero-order valence-corrected chi connectivity index (χ0v) is 17.8. The molecule has 0 radical (unpaired) electrons. The van der Waals surface area contributed by atoms with Crippen molar-refractivity contribution in [1.29, 1.82) is 0 Å². The lowest BCUT2D eigenvalue weighted by molar-refractivity contribution is -0.146. The first-order valence-electron chi connectivity index (χ1n) is 9.96. The minimum atomic E-state index is -0.992. The first-order chi connectivity index (χ1) is 14.4. The molecule has 0 saturated carbocycles. The summed E-state index contributed by atoms with van der Waals surface area (Å²) in [5, 5.41) is 14.5. The van der Waals surface area contributed by atoms with Crippen molar-refractivity contribution in [3.63, 3.8) is 0 Å². The third-order valence-electron chi connectivity index (χ3n) is 5.12. The Bertz CT molecular complexity index is 960. The number of carboxylic acid groups (broad SMARTS) is 1. The van der Waals surface area contributed by atoms with E-state index >= 15 is 0 Å². The van der Waals surface area contributed by atoms with Gasteiger partial charge in [0.15, 0.2) is 0 Å². The van der Waals surface area contributed by atoms with Crippen LogP contribution >= 0.6 is 11.3 Å². The number of hydrogen-bond acceptors (Lipinski definition) is 5. The van der Waals surface area contributed by atoms with Crippen LogP contribution in [0, 0.1) is 18.8 Å². The number of carboxylic acids is 1. The fourth-order valence-corrected chi connectivity index (χ4v) is 4.41. The fraction of sp³-hybridized carbons (Fsp3) is 0.348. The van der Waals surface area contributed by atoms with E-state index in [-0.39, 0.29) is 6.61 Å². The van der Waals surface area contributed by atoms with Crippen molar-refractivity contribution in [2.45, 2.75) is 33.1 Å². The molecule has 0 aliphatic heterocycles. The van der Waals surface area contributed by atoms with Crippen molar-refractivity contribution in [2.24, 2.45) is 11.8 Å². The molecule has 1 aromatic carbocycles. The number of allylic oxidation sites excluding steroid dienone is 2. The number of thiophene rings is 1. The highest BCUT2D eigenvalue weighted by Gasteiger charge is 2.35. The molecule has 30 heavy (non-hydrogen) atoms. The normalized spacial score (nSPS) is 18.1. The first-order valence-corrected chi connectivity index (χ1v) is 10.8. The number of amides is 1. The SMILES string of the molecule is CCCOC(=O)c1c(-c2ccc(C)cc2)csc1NC(=O)C1CC=CCC1C(=O)O. The predicted octanol–water partition coefficient (Wildman–Crippen LogP) is 4.90. The second-order valence-corrected chi connectivity index (χ2v) is 8.22. The lowest BCUT2D eigenvalue weighted by Crippen LogP contribution is -2.34. The van der Waals surface area contributed by atoms with Gasteiger partial charge in [-0.15, -0.1) is 11.3 Å². The number of nitrogens with one attached hydrogen (secondary N) is 1. The standard InChI is InChI=1S/C23H25NO5S/c1-3-12-29-23(28)19-18(15-10-8-14(2)9-11-15)13-30-21(19)24-20(25)16-6-4-5-7-17(16)22(26)27/h4-5,8-11,13,16-17H,3,6-7,12H2,1-2H3,(H,24,25)(H,26,27). The molecule has 1 aliphatic carbocycles. The van der Waals surface area contributed by atoms with Crippen LogP contribution in [0.15, 0.2) is 41.8 Å². The molecule has 7 heteroatoms. The fourth-order valence-electron chi connectivity index (χ4n) is 3.45. The maximum Gasteiger partial charge on any atom is 0.341 e. The zero-order chi connectivity index (χ0) is 21.7. The van der Waals surface area contributed by atoms with E-state index in [1.54, 1.807) is 6.08 Å². The van der Waals surface area contributed by atoms with E-state index in [0.717, 1.165) is 11.1 Å². The second-order valence-electron chi connectivity index (χ2n) is 7.34. The van der Waals surface area contributed by atoms with Gasteiger partial charge in [0.2, 0.25) is 5.91 Å². The number of rotatable bonds is 7. The summed E-state index contributed by atoms with van der Waals surface area (Å²) in [7, 11) is 0. The molecule has 2 N–H and O–H groups in total. The van der Waals surface area contributed by atoms with Gasteiger partial charge in [-0.05, 0) is 31.7 Å². The zero-order valence-electron chi connectivity index (χ0n) is 17.0. The Morgan fingerprint density at radius 2 is 1.80 bits per heavy atom. The molecule has 6 nitrogen and oxygen atoms in total. The molecule has 0 spiro atoms. The van der Waals surface area contributed by atoms with Crippen LogP contribution in [0.1, 0.15) is 42.1 Å². The molecule has 158 valence electrons. The largest absolute Gasteiger partial charge is 0.481 e. The summed E-state index contributed by atoms with van der Waals surface area (Å²) in [6.45, 7) is 4.17. The second kappa shape index (κ2) is 9.71. The van der Waals surface area contributed by atoms with Crippen LogP contribution in [0.4, 0.5) is 5.00 Å². The van der Waals surface area contributed by atoms with Gasteiger partial charge in [0.05, 0.1) is 18.4 Å². The van der Waals surface area contributed by atoms with Crippen molar-refractivity contribution >= 4 is 34.2 Å². The minimum Gasteiger partial charge on any atom is -0.481 e. The van der Waals surface area contributed by atoms with Crippen LogP contribution in [-0.4, -0.2) is 29.6 Å². The molecule has 0 bridgehead atoms.